The zero-order valence-corrected chi connectivity index (χ0v) is 14.6. The molecule has 0 unspecified atom stereocenters. The zero-order valence-electron chi connectivity index (χ0n) is 14.6. The summed E-state index contributed by atoms with van der Waals surface area (Å²) in [4.78, 5) is 15.9. The summed E-state index contributed by atoms with van der Waals surface area (Å²) in [7, 11) is 0. The Morgan fingerprint density at radius 1 is 1.00 bits per heavy atom. The fraction of sp³-hybridized carbons (Fsp3) is 0.421. The first kappa shape index (κ1) is 17.7. The van der Waals surface area contributed by atoms with Gasteiger partial charge in [-0.25, -0.2) is 0 Å². The van der Waals surface area contributed by atoms with Crippen molar-refractivity contribution >= 4 is 6.21 Å². The van der Waals surface area contributed by atoms with Crippen LogP contribution in [0.3, 0.4) is 0 Å². The fourth-order valence-corrected chi connectivity index (χ4v) is 2.78. The van der Waals surface area contributed by atoms with Crippen molar-refractivity contribution in [2.75, 3.05) is 39.3 Å². The SMILES string of the molecule is C(=NCCN1CCNCc2cccc(n2)CNCC1)c1ccccn1. The van der Waals surface area contributed by atoms with Gasteiger partial charge in [0.15, 0.2) is 0 Å². The second kappa shape index (κ2) is 9.98. The van der Waals surface area contributed by atoms with Crippen LogP contribution >= 0.6 is 0 Å². The summed E-state index contributed by atoms with van der Waals surface area (Å²) in [5.41, 5.74) is 3.12. The lowest BCUT2D eigenvalue weighted by Gasteiger charge is -2.22. The molecule has 0 atom stereocenters. The summed E-state index contributed by atoms with van der Waals surface area (Å²) in [6.07, 6.45) is 3.64. The molecule has 1 aliphatic rings. The van der Waals surface area contributed by atoms with Crippen molar-refractivity contribution in [3.8, 4) is 0 Å². The molecule has 3 rings (SSSR count). The van der Waals surface area contributed by atoms with Crippen LogP contribution in [0.1, 0.15) is 17.1 Å². The Balaban J connectivity index is 1.46. The molecule has 6 nitrogen and oxygen atoms in total. The third-order valence-electron chi connectivity index (χ3n) is 4.14. The first-order chi connectivity index (χ1) is 12.4. The van der Waals surface area contributed by atoms with E-state index in [0.29, 0.717) is 0 Å². The highest BCUT2D eigenvalue weighted by atomic mass is 15.2. The van der Waals surface area contributed by atoms with Gasteiger partial charge in [0.2, 0.25) is 0 Å². The molecular weight excluding hydrogens is 312 g/mol. The van der Waals surface area contributed by atoms with Crippen molar-refractivity contribution in [3.63, 3.8) is 0 Å². The molecular formula is C19H26N6. The first-order valence-corrected chi connectivity index (χ1v) is 8.89. The van der Waals surface area contributed by atoms with E-state index in [0.717, 1.165) is 69.4 Å². The number of aliphatic imine (C=N–C) groups is 1. The molecule has 2 bridgehead atoms. The second-order valence-corrected chi connectivity index (χ2v) is 6.11. The standard InChI is InChI=1S/C19H26N6/c1-2-7-23-17(4-1)14-20-8-11-25-12-9-21-15-18-5-3-6-19(24-18)16-22-10-13-25/h1-7,14,21-22H,8-13,15-16H2. The van der Waals surface area contributed by atoms with Gasteiger partial charge < -0.3 is 10.6 Å². The molecule has 0 amide bonds. The molecule has 0 fully saturated rings. The average Bonchev–Trinajstić information content (AvgIpc) is 2.65. The smallest absolute Gasteiger partial charge is 0.0807 e. The quantitative estimate of drug-likeness (QED) is 0.817. The highest BCUT2D eigenvalue weighted by Gasteiger charge is 2.06. The number of hydrogen-bond donors (Lipinski definition) is 2. The van der Waals surface area contributed by atoms with Crippen LogP contribution < -0.4 is 10.6 Å². The highest BCUT2D eigenvalue weighted by molar-refractivity contribution is 5.76. The van der Waals surface area contributed by atoms with Crippen LogP contribution in [0.5, 0.6) is 0 Å². The maximum Gasteiger partial charge on any atom is 0.0807 e. The molecule has 0 saturated carbocycles. The number of nitrogens with one attached hydrogen (secondary N) is 2. The van der Waals surface area contributed by atoms with Gasteiger partial charge in [0.25, 0.3) is 0 Å². The Labute approximate surface area is 149 Å². The number of rotatable bonds is 4. The molecule has 0 radical (unpaired) electrons. The molecule has 0 aliphatic carbocycles. The first-order valence-electron chi connectivity index (χ1n) is 8.89. The predicted molar refractivity (Wildman–Crippen MR) is 101 cm³/mol. The number of fused-ring (bicyclic) bond motifs is 2. The third-order valence-corrected chi connectivity index (χ3v) is 4.14. The van der Waals surface area contributed by atoms with Gasteiger partial charge in [0, 0.05) is 58.2 Å². The number of hydrogen-bond acceptors (Lipinski definition) is 6. The van der Waals surface area contributed by atoms with Crippen molar-refractivity contribution in [2.45, 2.75) is 13.1 Å². The number of nitrogens with zero attached hydrogens (tertiary/aromatic N) is 4. The van der Waals surface area contributed by atoms with E-state index in [1.807, 2.05) is 24.4 Å². The van der Waals surface area contributed by atoms with Gasteiger partial charge in [-0.2, -0.15) is 0 Å². The van der Waals surface area contributed by atoms with Crippen LogP contribution in [-0.4, -0.2) is 60.4 Å². The van der Waals surface area contributed by atoms with Crippen molar-refractivity contribution in [3.05, 3.63) is 59.7 Å². The molecule has 0 aromatic carbocycles. The van der Waals surface area contributed by atoms with E-state index >= 15 is 0 Å². The minimum atomic E-state index is 0.789. The highest BCUT2D eigenvalue weighted by Crippen LogP contribution is 2.00. The predicted octanol–water partition coefficient (Wildman–Crippen LogP) is 1.09. The summed E-state index contributed by atoms with van der Waals surface area (Å²) in [6, 6.07) is 12.1. The van der Waals surface area contributed by atoms with Crippen LogP contribution in [0.4, 0.5) is 0 Å². The minimum absolute atomic E-state index is 0.789. The van der Waals surface area contributed by atoms with Crippen molar-refractivity contribution in [2.24, 2.45) is 4.99 Å². The molecule has 0 saturated heterocycles. The molecule has 2 N–H and O–H groups in total. The van der Waals surface area contributed by atoms with Crippen molar-refractivity contribution < 1.29 is 0 Å². The van der Waals surface area contributed by atoms with Gasteiger partial charge in [-0.15, -0.1) is 0 Å². The van der Waals surface area contributed by atoms with E-state index in [4.69, 9.17) is 0 Å². The van der Waals surface area contributed by atoms with Gasteiger partial charge in [0.05, 0.1) is 23.6 Å². The average molecular weight is 338 g/mol. The zero-order chi connectivity index (χ0) is 17.2. The Hall–Kier alpha value is -2.15. The Kier molecular flexibility index (Phi) is 7.05. The maximum atomic E-state index is 4.65. The lowest BCUT2D eigenvalue weighted by molar-refractivity contribution is 0.278. The molecule has 132 valence electrons. The molecule has 6 heteroatoms. The Morgan fingerprint density at radius 3 is 2.44 bits per heavy atom. The van der Waals surface area contributed by atoms with E-state index < -0.39 is 0 Å². The molecule has 0 spiro atoms. The summed E-state index contributed by atoms with van der Waals surface area (Å²) >= 11 is 0. The largest absolute Gasteiger partial charge is 0.310 e. The van der Waals surface area contributed by atoms with Gasteiger partial charge in [-0.1, -0.05) is 12.1 Å². The summed E-state index contributed by atoms with van der Waals surface area (Å²) in [5.74, 6) is 0. The number of pyridine rings is 2. The normalized spacial score (nSPS) is 17.1. The van der Waals surface area contributed by atoms with Gasteiger partial charge in [-0.3, -0.25) is 19.9 Å². The molecule has 25 heavy (non-hydrogen) atoms. The van der Waals surface area contributed by atoms with E-state index in [2.05, 4.69) is 48.7 Å². The summed E-state index contributed by atoms with van der Waals surface area (Å²) in [5, 5.41) is 6.97. The van der Waals surface area contributed by atoms with E-state index in [-0.39, 0.29) is 0 Å². The topological polar surface area (TPSA) is 65.4 Å². The Bertz CT molecular complexity index is 631. The third kappa shape index (κ3) is 6.34. The maximum absolute atomic E-state index is 4.65. The number of aromatic nitrogens is 2. The van der Waals surface area contributed by atoms with Gasteiger partial charge in [-0.05, 0) is 24.3 Å². The van der Waals surface area contributed by atoms with Gasteiger partial charge >= 0.3 is 0 Å². The van der Waals surface area contributed by atoms with Crippen LogP contribution in [-0.2, 0) is 13.1 Å². The van der Waals surface area contributed by atoms with Crippen LogP contribution in [0.25, 0.3) is 0 Å². The minimum Gasteiger partial charge on any atom is -0.310 e. The van der Waals surface area contributed by atoms with E-state index in [9.17, 15) is 0 Å². The van der Waals surface area contributed by atoms with Crippen molar-refractivity contribution in [1.29, 1.82) is 0 Å². The molecule has 2 aromatic rings. The van der Waals surface area contributed by atoms with Gasteiger partial charge in [0.1, 0.15) is 0 Å². The second-order valence-electron chi connectivity index (χ2n) is 6.11. The lowest BCUT2D eigenvalue weighted by Crippen LogP contribution is -2.38. The molecule has 3 heterocycles. The molecule has 2 aromatic heterocycles. The summed E-state index contributed by atoms with van der Waals surface area (Å²) in [6.45, 7) is 7.32. The van der Waals surface area contributed by atoms with Crippen molar-refractivity contribution in [1.82, 2.24) is 25.5 Å². The fourth-order valence-electron chi connectivity index (χ4n) is 2.78. The van der Waals surface area contributed by atoms with E-state index in [1.165, 1.54) is 0 Å². The monoisotopic (exact) mass is 338 g/mol. The van der Waals surface area contributed by atoms with E-state index in [1.54, 1.807) is 6.20 Å². The molecule has 1 aliphatic heterocycles. The summed E-state index contributed by atoms with van der Waals surface area (Å²) < 4.78 is 0. The van der Waals surface area contributed by atoms with Crippen LogP contribution in [0.15, 0.2) is 47.6 Å². The van der Waals surface area contributed by atoms with Crippen LogP contribution in [0.2, 0.25) is 0 Å². The lowest BCUT2D eigenvalue weighted by atomic mass is 10.3. The Morgan fingerprint density at radius 2 is 1.76 bits per heavy atom. The van der Waals surface area contributed by atoms with Crippen LogP contribution in [0, 0.1) is 0 Å².